The zero-order valence-corrected chi connectivity index (χ0v) is 17.3. The van der Waals surface area contributed by atoms with Crippen molar-refractivity contribution in [2.45, 2.75) is 25.6 Å². The van der Waals surface area contributed by atoms with Gasteiger partial charge in [0.15, 0.2) is 0 Å². The number of hydrogen-bond acceptors (Lipinski definition) is 4. The summed E-state index contributed by atoms with van der Waals surface area (Å²) >= 11 is 0. The molecule has 0 spiro atoms. The molecule has 3 amide bonds. The number of piperazine rings is 1. The van der Waals surface area contributed by atoms with Gasteiger partial charge in [0.2, 0.25) is 0 Å². The second-order valence-corrected chi connectivity index (χ2v) is 7.69. The van der Waals surface area contributed by atoms with Crippen molar-refractivity contribution in [3.8, 4) is 5.75 Å². The third-order valence-electron chi connectivity index (χ3n) is 5.49. The van der Waals surface area contributed by atoms with Crippen LogP contribution in [0.2, 0.25) is 0 Å². The summed E-state index contributed by atoms with van der Waals surface area (Å²) in [5.74, 6) is 0.350. The fourth-order valence-corrected chi connectivity index (χ4v) is 3.72. The van der Waals surface area contributed by atoms with Crippen molar-refractivity contribution in [3.63, 3.8) is 0 Å². The molecule has 1 N–H and O–H groups in total. The molecule has 2 saturated heterocycles. The number of carbonyl (C=O) groups excluding carboxylic acids is 2. The molecule has 7 nitrogen and oxygen atoms in total. The lowest BCUT2D eigenvalue weighted by Crippen LogP contribution is -2.53. The number of halogens is 1. The number of amides is 3. The third kappa shape index (κ3) is 5.52. The second-order valence-electron chi connectivity index (χ2n) is 7.69. The lowest BCUT2D eigenvalue weighted by molar-refractivity contribution is -0.142. The van der Waals surface area contributed by atoms with Gasteiger partial charge in [-0.15, -0.1) is 0 Å². The first kappa shape index (κ1) is 21.1. The summed E-state index contributed by atoms with van der Waals surface area (Å²) in [6.07, 6.45) is 1.38. The average molecular weight is 427 g/mol. The van der Waals surface area contributed by atoms with Crippen molar-refractivity contribution in [1.82, 2.24) is 9.80 Å². The van der Waals surface area contributed by atoms with Crippen molar-refractivity contribution in [3.05, 3.63) is 59.9 Å². The van der Waals surface area contributed by atoms with E-state index in [4.69, 9.17) is 9.47 Å². The molecule has 0 radical (unpaired) electrons. The summed E-state index contributed by atoms with van der Waals surface area (Å²) in [5.41, 5.74) is 1.48. The van der Waals surface area contributed by atoms with Crippen molar-refractivity contribution in [1.29, 1.82) is 0 Å². The van der Waals surface area contributed by atoms with E-state index in [0.29, 0.717) is 50.8 Å². The van der Waals surface area contributed by atoms with Crippen molar-refractivity contribution in [2.75, 3.05) is 38.1 Å². The Kier molecular flexibility index (Phi) is 6.66. The molecule has 0 bridgehead atoms. The smallest absolute Gasteiger partial charge is 0.321 e. The van der Waals surface area contributed by atoms with Crippen molar-refractivity contribution >= 4 is 17.6 Å². The number of nitrogens with one attached hydrogen (secondary N) is 1. The first-order chi connectivity index (χ1) is 15.1. The zero-order chi connectivity index (χ0) is 21.6. The van der Waals surface area contributed by atoms with Crippen molar-refractivity contribution in [2.24, 2.45) is 0 Å². The number of hydrogen-bond donors (Lipinski definition) is 1. The monoisotopic (exact) mass is 427 g/mol. The Morgan fingerprint density at radius 3 is 2.52 bits per heavy atom. The Balaban J connectivity index is 1.26. The highest BCUT2D eigenvalue weighted by molar-refractivity contribution is 5.90. The molecule has 0 saturated carbocycles. The molecule has 2 fully saturated rings. The number of rotatable bonds is 5. The standard InChI is InChI=1S/C23H26FN3O4/c24-18-8-6-17(7-9-18)16-31-20-4-1-3-19(15-20)25-23(29)27-12-10-26(11-13-27)22(28)21-5-2-14-30-21/h1,3-4,6-9,15,21H,2,5,10-14,16H2,(H,25,29). The van der Waals surface area contributed by atoms with Gasteiger partial charge < -0.3 is 24.6 Å². The van der Waals surface area contributed by atoms with Gasteiger partial charge in [0, 0.05) is 44.5 Å². The summed E-state index contributed by atoms with van der Waals surface area (Å²) in [4.78, 5) is 28.5. The van der Waals surface area contributed by atoms with Gasteiger partial charge in [-0.05, 0) is 42.7 Å². The summed E-state index contributed by atoms with van der Waals surface area (Å²) < 4.78 is 24.2. The van der Waals surface area contributed by atoms with Gasteiger partial charge in [-0.25, -0.2) is 9.18 Å². The van der Waals surface area contributed by atoms with Gasteiger partial charge >= 0.3 is 6.03 Å². The van der Waals surface area contributed by atoms with Crippen LogP contribution in [-0.4, -0.2) is 60.6 Å². The number of anilines is 1. The normalized spacial score (nSPS) is 18.7. The second kappa shape index (κ2) is 9.78. The molecule has 2 aliphatic heterocycles. The number of ether oxygens (including phenoxy) is 2. The predicted octanol–water partition coefficient (Wildman–Crippen LogP) is 3.26. The van der Waals surface area contributed by atoms with E-state index in [9.17, 15) is 14.0 Å². The van der Waals surface area contributed by atoms with Crippen LogP contribution in [0.25, 0.3) is 0 Å². The molecule has 164 valence electrons. The van der Waals surface area contributed by atoms with Crippen LogP contribution >= 0.6 is 0 Å². The topological polar surface area (TPSA) is 71.1 Å². The fourth-order valence-electron chi connectivity index (χ4n) is 3.72. The fraction of sp³-hybridized carbons (Fsp3) is 0.391. The molecular formula is C23H26FN3O4. The van der Waals surface area contributed by atoms with Crippen LogP contribution in [0.15, 0.2) is 48.5 Å². The van der Waals surface area contributed by atoms with Crippen molar-refractivity contribution < 1.29 is 23.5 Å². The number of nitrogens with zero attached hydrogens (tertiary/aromatic N) is 2. The Morgan fingerprint density at radius 2 is 1.81 bits per heavy atom. The van der Waals surface area contributed by atoms with E-state index in [-0.39, 0.29) is 23.9 Å². The lowest BCUT2D eigenvalue weighted by Gasteiger charge is -2.35. The minimum absolute atomic E-state index is 0.0311. The largest absolute Gasteiger partial charge is 0.489 e. The number of carbonyl (C=O) groups is 2. The van der Waals surface area contributed by atoms with Crippen LogP contribution in [-0.2, 0) is 16.1 Å². The Morgan fingerprint density at radius 1 is 1.06 bits per heavy atom. The van der Waals surface area contributed by atoms with E-state index >= 15 is 0 Å². The van der Waals surface area contributed by atoms with E-state index in [2.05, 4.69) is 5.32 Å². The summed E-state index contributed by atoms with van der Waals surface area (Å²) in [7, 11) is 0. The maximum absolute atomic E-state index is 13.0. The molecule has 2 aromatic carbocycles. The van der Waals surface area contributed by atoms with Gasteiger partial charge in [0.25, 0.3) is 5.91 Å². The first-order valence-corrected chi connectivity index (χ1v) is 10.5. The summed E-state index contributed by atoms with van der Waals surface area (Å²) in [5, 5.41) is 2.89. The molecule has 2 aliphatic rings. The molecule has 31 heavy (non-hydrogen) atoms. The van der Waals surface area contributed by atoms with Crippen LogP contribution < -0.4 is 10.1 Å². The Hall–Kier alpha value is -3.13. The van der Waals surface area contributed by atoms with E-state index in [1.54, 1.807) is 46.2 Å². The Bertz CT molecular complexity index is 907. The van der Waals surface area contributed by atoms with E-state index < -0.39 is 0 Å². The highest BCUT2D eigenvalue weighted by Crippen LogP contribution is 2.20. The predicted molar refractivity (Wildman–Crippen MR) is 113 cm³/mol. The van der Waals surface area contributed by atoms with E-state index in [0.717, 1.165) is 18.4 Å². The van der Waals surface area contributed by atoms with Gasteiger partial charge in [0.05, 0.1) is 0 Å². The Labute approximate surface area is 180 Å². The van der Waals surface area contributed by atoms with Crippen LogP contribution in [0.1, 0.15) is 18.4 Å². The van der Waals surface area contributed by atoms with Gasteiger partial charge in [-0.1, -0.05) is 18.2 Å². The highest BCUT2D eigenvalue weighted by atomic mass is 19.1. The molecular weight excluding hydrogens is 401 g/mol. The molecule has 0 aliphatic carbocycles. The zero-order valence-electron chi connectivity index (χ0n) is 17.3. The quantitative estimate of drug-likeness (QED) is 0.795. The minimum Gasteiger partial charge on any atom is -0.489 e. The molecule has 0 aromatic heterocycles. The SMILES string of the molecule is O=C(Nc1cccc(OCc2ccc(F)cc2)c1)N1CCN(C(=O)C2CCCO2)CC1. The summed E-state index contributed by atoms with van der Waals surface area (Å²) in [6, 6.07) is 13.1. The average Bonchev–Trinajstić information content (AvgIpc) is 3.34. The maximum Gasteiger partial charge on any atom is 0.321 e. The van der Waals surface area contributed by atoms with Crippen LogP contribution in [0.4, 0.5) is 14.9 Å². The maximum atomic E-state index is 13.0. The van der Waals surface area contributed by atoms with Gasteiger partial charge in [0.1, 0.15) is 24.3 Å². The molecule has 8 heteroatoms. The van der Waals surface area contributed by atoms with Crippen LogP contribution in [0, 0.1) is 5.82 Å². The molecule has 2 heterocycles. The first-order valence-electron chi connectivity index (χ1n) is 10.5. The lowest BCUT2D eigenvalue weighted by atomic mass is 10.2. The molecule has 1 atom stereocenters. The summed E-state index contributed by atoms with van der Waals surface area (Å²) in [6.45, 7) is 2.92. The molecule has 2 aromatic rings. The third-order valence-corrected chi connectivity index (χ3v) is 5.49. The highest BCUT2D eigenvalue weighted by Gasteiger charge is 2.31. The van der Waals surface area contributed by atoms with Gasteiger partial charge in [-0.3, -0.25) is 4.79 Å². The number of urea groups is 1. The molecule has 1 unspecified atom stereocenters. The minimum atomic E-state index is -0.321. The van der Waals surface area contributed by atoms with Crippen LogP contribution in [0.3, 0.4) is 0 Å². The van der Waals surface area contributed by atoms with Gasteiger partial charge in [-0.2, -0.15) is 0 Å². The van der Waals surface area contributed by atoms with E-state index in [1.807, 2.05) is 0 Å². The number of benzene rings is 2. The molecule has 4 rings (SSSR count). The van der Waals surface area contributed by atoms with Crippen LogP contribution in [0.5, 0.6) is 5.75 Å². The van der Waals surface area contributed by atoms with E-state index in [1.165, 1.54) is 12.1 Å².